The van der Waals surface area contributed by atoms with E-state index in [0.717, 1.165) is 17.9 Å². The number of halogens is 1. The van der Waals surface area contributed by atoms with Gasteiger partial charge in [0.15, 0.2) is 0 Å². The lowest BCUT2D eigenvalue weighted by atomic mass is 10.0. The maximum Gasteiger partial charge on any atom is 0.128 e. The Bertz CT molecular complexity index is 550. The van der Waals surface area contributed by atoms with Crippen molar-refractivity contribution >= 4 is 0 Å². The second kappa shape index (κ2) is 5.95. The Morgan fingerprint density at radius 2 is 2.26 bits per heavy atom. The number of rotatable bonds is 5. The van der Waals surface area contributed by atoms with Crippen LogP contribution in [0.5, 0.6) is 0 Å². The Kier molecular flexibility index (Phi) is 4.29. The molecule has 102 valence electrons. The zero-order chi connectivity index (χ0) is 13.8. The number of aromatic nitrogens is 2. The van der Waals surface area contributed by atoms with Crippen LogP contribution in [-0.2, 0) is 13.0 Å². The van der Waals surface area contributed by atoms with Gasteiger partial charge < -0.3 is 4.57 Å². The van der Waals surface area contributed by atoms with Gasteiger partial charge in [-0.05, 0) is 19.9 Å². The fourth-order valence-corrected chi connectivity index (χ4v) is 2.19. The molecule has 0 aliphatic heterocycles. The minimum absolute atomic E-state index is 0.247. The molecular weight excluding hydrogens is 243 g/mol. The van der Waals surface area contributed by atoms with Crippen LogP contribution in [0.3, 0.4) is 0 Å². The van der Waals surface area contributed by atoms with Gasteiger partial charge >= 0.3 is 0 Å². The average Bonchev–Trinajstić information content (AvgIpc) is 2.86. The van der Waals surface area contributed by atoms with E-state index in [1.165, 1.54) is 6.07 Å². The summed E-state index contributed by atoms with van der Waals surface area (Å²) in [5.74, 6) is 6.23. The number of hydrazine groups is 1. The standard InChI is InChI=1S/C14H19FN4/c1-3-19-7-6-17-14(19)9-13(18-16)11-8-10(2)4-5-12(11)15/h4-8,13,18H,3,9,16H2,1-2H3. The van der Waals surface area contributed by atoms with Crippen molar-refractivity contribution in [2.45, 2.75) is 32.9 Å². The molecule has 1 atom stereocenters. The van der Waals surface area contributed by atoms with Crippen LogP contribution in [0.1, 0.15) is 29.9 Å². The SMILES string of the molecule is CCn1ccnc1CC(NN)c1cc(C)ccc1F. The Morgan fingerprint density at radius 3 is 2.95 bits per heavy atom. The summed E-state index contributed by atoms with van der Waals surface area (Å²) in [6.45, 7) is 4.82. The van der Waals surface area contributed by atoms with Crippen LogP contribution in [0.15, 0.2) is 30.6 Å². The summed E-state index contributed by atoms with van der Waals surface area (Å²) < 4.78 is 15.9. The number of nitrogens with one attached hydrogen (secondary N) is 1. The third-order valence-electron chi connectivity index (χ3n) is 3.26. The molecule has 2 aromatic rings. The number of imidazole rings is 1. The average molecular weight is 262 g/mol. The highest BCUT2D eigenvalue weighted by Crippen LogP contribution is 2.21. The molecule has 1 unspecified atom stereocenters. The smallest absolute Gasteiger partial charge is 0.128 e. The summed E-state index contributed by atoms with van der Waals surface area (Å²) >= 11 is 0. The lowest BCUT2D eigenvalue weighted by Crippen LogP contribution is -2.31. The first-order valence-electron chi connectivity index (χ1n) is 6.38. The molecule has 1 aromatic carbocycles. The second-order valence-electron chi connectivity index (χ2n) is 4.58. The quantitative estimate of drug-likeness (QED) is 0.641. The van der Waals surface area contributed by atoms with Crippen LogP contribution >= 0.6 is 0 Å². The van der Waals surface area contributed by atoms with Crippen molar-refractivity contribution in [1.82, 2.24) is 15.0 Å². The van der Waals surface area contributed by atoms with Gasteiger partial charge in [0.2, 0.25) is 0 Å². The van der Waals surface area contributed by atoms with Crippen LogP contribution in [0.4, 0.5) is 4.39 Å². The molecule has 19 heavy (non-hydrogen) atoms. The zero-order valence-corrected chi connectivity index (χ0v) is 11.2. The molecular formula is C14H19FN4. The normalized spacial score (nSPS) is 12.6. The predicted molar refractivity (Wildman–Crippen MR) is 72.8 cm³/mol. The number of hydrogen-bond acceptors (Lipinski definition) is 3. The van der Waals surface area contributed by atoms with Gasteiger partial charge in [-0.3, -0.25) is 11.3 Å². The Hall–Kier alpha value is -1.72. The molecule has 0 aliphatic carbocycles. The molecule has 1 aromatic heterocycles. The van der Waals surface area contributed by atoms with Crippen LogP contribution in [0.25, 0.3) is 0 Å². The van der Waals surface area contributed by atoms with E-state index >= 15 is 0 Å². The largest absolute Gasteiger partial charge is 0.335 e. The van der Waals surface area contributed by atoms with Crippen molar-refractivity contribution in [3.05, 3.63) is 53.4 Å². The monoisotopic (exact) mass is 262 g/mol. The molecule has 5 heteroatoms. The van der Waals surface area contributed by atoms with E-state index in [0.29, 0.717) is 12.0 Å². The molecule has 0 spiro atoms. The number of aryl methyl sites for hydroxylation is 2. The maximum atomic E-state index is 13.9. The summed E-state index contributed by atoms with van der Waals surface area (Å²) in [6.07, 6.45) is 4.21. The summed E-state index contributed by atoms with van der Waals surface area (Å²) in [4.78, 5) is 4.30. The Morgan fingerprint density at radius 1 is 1.47 bits per heavy atom. The predicted octanol–water partition coefficient (Wildman–Crippen LogP) is 2.10. The fourth-order valence-electron chi connectivity index (χ4n) is 2.19. The van der Waals surface area contributed by atoms with Crippen LogP contribution < -0.4 is 11.3 Å². The molecule has 0 fully saturated rings. The lowest BCUT2D eigenvalue weighted by Gasteiger charge is -2.18. The highest BCUT2D eigenvalue weighted by Gasteiger charge is 2.17. The third kappa shape index (κ3) is 3.00. The molecule has 2 rings (SSSR count). The van der Waals surface area contributed by atoms with Gasteiger partial charge in [0.05, 0.1) is 6.04 Å². The first kappa shape index (κ1) is 13.7. The van der Waals surface area contributed by atoms with Gasteiger partial charge in [-0.15, -0.1) is 0 Å². The van der Waals surface area contributed by atoms with Crippen molar-refractivity contribution in [2.24, 2.45) is 5.84 Å². The molecule has 1 heterocycles. The van der Waals surface area contributed by atoms with Crippen LogP contribution in [0.2, 0.25) is 0 Å². The molecule has 0 amide bonds. The van der Waals surface area contributed by atoms with Crippen molar-refractivity contribution in [3.8, 4) is 0 Å². The van der Waals surface area contributed by atoms with Crippen molar-refractivity contribution in [2.75, 3.05) is 0 Å². The van der Waals surface area contributed by atoms with E-state index in [1.807, 2.05) is 30.7 Å². The lowest BCUT2D eigenvalue weighted by molar-refractivity contribution is 0.492. The molecule has 3 N–H and O–H groups in total. The van der Waals surface area contributed by atoms with Gasteiger partial charge in [0.25, 0.3) is 0 Å². The van der Waals surface area contributed by atoms with E-state index in [4.69, 9.17) is 5.84 Å². The molecule has 0 saturated carbocycles. The number of nitrogens with two attached hydrogens (primary N) is 1. The van der Waals surface area contributed by atoms with Crippen molar-refractivity contribution in [3.63, 3.8) is 0 Å². The Labute approximate surface area is 112 Å². The zero-order valence-electron chi connectivity index (χ0n) is 11.2. The summed E-state index contributed by atoms with van der Waals surface area (Å²) in [5, 5.41) is 0. The summed E-state index contributed by atoms with van der Waals surface area (Å²) in [6, 6.07) is 4.76. The Balaban J connectivity index is 2.27. The van der Waals surface area contributed by atoms with Crippen molar-refractivity contribution in [1.29, 1.82) is 0 Å². The van der Waals surface area contributed by atoms with Gasteiger partial charge in [-0.2, -0.15) is 0 Å². The van der Waals surface area contributed by atoms with E-state index in [-0.39, 0.29) is 11.9 Å². The van der Waals surface area contributed by atoms with Gasteiger partial charge in [0.1, 0.15) is 11.6 Å². The minimum atomic E-state index is -0.285. The molecule has 0 aliphatic rings. The second-order valence-corrected chi connectivity index (χ2v) is 4.58. The number of benzene rings is 1. The minimum Gasteiger partial charge on any atom is -0.335 e. The summed E-state index contributed by atoms with van der Waals surface area (Å²) in [5.41, 5.74) is 4.27. The van der Waals surface area contributed by atoms with Crippen molar-refractivity contribution < 1.29 is 4.39 Å². The molecule has 0 bridgehead atoms. The first-order valence-corrected chi connectivity index (χ1v) is 6.38. The van der Waals surface area contributed by atoms with E-state index in [9.17, 15) is 4.39 Å². The molecule has 0 saturated heterocycles. The maximum absolute atomic E-state index is 13.9. The van der Waals surface area contributed by atoms with Gasteiger partial charge in [-0.25, -0.2) is 9.37 Å². The summed E-state index contributed by atoms with van der Waals surface area (Å²) in [7, 11) is 0. The highest BCUT2D eigenvalue weighted by atomic mass is 19.1. The van der Waals surface area contributed by atoms with Gasteiger partial charge in [0, 0.05) is 30.9 Å². The van der Waals surface area contributed by atoms with Crippen LogP contribution in [-0.4, -0.2) is 9.55 Å². The highest BCUT2D eigenvalue weighted by molar-refractivity contribution is 5.27. The molecule has 0 radical (unpaired) electrons. The topological polar surface area (TPSA) is 55.9 Å². The van der Waals surface area contributed by atoms with E-state index < -0.39 is 0 Å². The third-order valence-corrected chi connectivity index (χ3v) is 3.26. The van der Waals surface area contributed by atoms with E-state index in [1.54, 1.807) is 12.3 Å². The fraction of sp³-hybridized carbons (Fsp3) is 0.357. The van der Waals surface area contributed by atoms with E-state index in [2.05, 4.69) is 10.4 Å². The van der Waals surface area contributed by atoms with Crippen LogP contribution in [0, 0.1) is 12.7 Å². The number of hydrogen-bond donors (Lipinski definition) is 2. The first-order chi connectivity index (χ1) is 9.15. The number of nitrogens with zero attached hydrogens (tertiary/aromatic N) is 2. The molecule has 4 nitrogen and oxygen atoms in total. The van der Waals surface area contributed by atoms with Gasteiger partial charge in [-0.1, -0.05) is 17.7 Å².